The van der Waals surface area contributed by atoms with E-state index in [2.05, 4.69) is 46.7 Å². The molecule has 0 amide bonds. The van der Waals surface area contributed by atoms with Crippen molar-refractivity contribution in [3.8, 4) is 0 Å². The van der Waals surface area contributed by atoms with Gasteiger partial charge in [-0.15, -0.1) is 0 Å². The number of hydrogen-bond acceptors (Lipinski definition) is 2. The number of esters is 1. The van der Waals surface area contributed by atoms with Crippen LogP contribution in [0, 0.1) is 0 Å². The van der Waals surface area contributed by atoms with E-state index in [1.807, 2.05) is 48.5 Å². The minimum Gasteiger partial charge on any atom is -0.465 e. The van der Waals surface area contributed by atoms with Gasteiger partial charge >= 0.3 is 5.97 Å². The Morgan fingerprint density at radius 1 is 0.897 bits per heavy atom. The van der Waals surface area contributed by atoms with Crippen LogP contribution >= 0.6 is 0 Å². The van der Waals surface area contributed by atoms with E-state index < -0.39 is 0 Å². The van der Waals surface area contributed by atoms with Crippen LogP contribution in [0.4, 0.5) is 5.69 Å². The topological polar surface area (TPSA) is 56.1 Å². The average Bonchev–Trinajstić information content (AvgIpc) is 3.39. The van der Waals surface area contributed by atoms with Crippen LogP contribution in [0.1, 0.15) is 27.0 Å². The molecule has 0 atom stereocenters. The number of H-pyrrole nitrogens is 1. The maximum atomic E-state index is 11.9. The van der Waals surface area contributed by atoms with Crippen LogP contribution in [-0.2, 0) is 4.74 Å². The molecule has 1 aliphatic rings. The van der Waals surface area contributed by atoms with Gasteiger partial charge in [0.05, 0.1) is 23.8 Å². The van der Waals surface area contributed by atoms with Gasteiger partial charge in [0.25, 0.3) is 0 Å². The van der Waals surface area contributed by atoms with E-state index in [0.717, 1.165) is 44.4 Å². The van der Waals surface area contributed by atoms with Crippen molar-refractivity contribution in [3.05, 3.63) is 101 Å². The second kappa shape index (κ2) is 6.91. The second-order valence-corrected chi connectivity index (χ2v) is 6.94. The molecule has 2 N–H and O–H groups in total. The zero-order valence-electron chi connectivity index (χ0n) is 15.9. The molecule has 0 saturated carbocycles. The lowest BCUT2D eigenvalue weighted by Crippen LogP contribution is -2.58. The molecule has 5 rings (SSSR count). The van der Waals surface area contributed by atoms with Gasteiger partial charge in [-0.2, -0.15) is 0 Å². The van der Waals surface area contributed by atoms with E-state index in [9.17, 15) is 4.79 Å². The number of aromatic nitrogens is 1. The molecule has 0 aliphatic carbocycles. The molecule has 1 aromatic heterocycles. The van der Waals surface area contributed by atoms with Crippen molar-refractivity contribution in [2.24, 2.45) is 0 Å². The Labute approximate surface area is 168 Å². The van der Waals surface area contributed by atoms with Crippen LogP contribution in [-0.4, -0.2) is 24.3 Å². The lowest BCUT2D eigenvalue weighted by atomic mass is 9.90. The third kappa shape index (κ3) is 2.86. The van der Waals surface area contributed by atoms with E-state index in [-0.39, 0.29) is 5.97 Å². The van der Waals surface area contributed by atoms with Crippen LogP contribution < -0.4 is 4.99 Å². The normalized spacial score (nSPS) is 14.1. The molecule has 3 aromatic carbocycles. The van der Waals surface area contributed by atoms with Gasteiger partial charge in [0.1, 0.15) is 0 Å². The van der Waals surface area contributed by atoms with Gasteiger partial charge in [-0.25, -0.2) is 9.79 Å². The summed E-state index contributed by atoms with van der Waals surface area (Å²) in [5, 5.41) is 1.16. The summed E-state index contributed by atoms with van der Waals surface area (Å²) >= 11 is 0. The first-order valence-electron chi connectivity index (χ1n) is 9.45. The van der Waals surface area contributed by atoms with Crippen LogP contribution in [0.5, 0.6) is 0 Å². The first-order valence-corrected chi connectivity index (χ1v) is 9.45. The first kappa shape index (κ1) is 17.2. The molecule has 29 heavy (non-hydrogen) atoms. The molecule has 0 bridgehead atoms. The van der Waals surface area contributed by atoms with E-state index >= 15 is 0 Å². The van der Waals surface area contributed by atoms with E-state index in [1.54, 1.807) is 0 Å². The molecule has 0 saturated heterocycles. The van der Waals surface area contributed by atoms with Crippen molar-refractivity contribution in [2.45, 2.75) is 0 Å². The quantitative estimate of drug-likeness (QED) is 0.533. The van der Waals surface area contributed by atoms with E-state index in [4.69, 9.17) is 4.74 Å². The Bertz CT molecular complexity index is 1290. The molecule has 1 aliphatic heterocycles. The Morgan fingerprint density at radius 3 is 2.45 bits per heavy atom. The van der Waals surface area contributed by atoms with Gasteiger partial charge in [-0.3, -0.25) is 0 Å². The highest BCUT2D eigenvalue weighted by atomic mass is 16.5. The zero-order valence-corrected chi connectivity index (χ0v) is 15.9. The van der Waals surface area contributed by atoms with Crippen LogP contribution in [0.3, 0.4) is 0 Å². The maximum absolute atomic E-state index is 11.9. The standard InChI is InChI=1S/C25H18N2O2/c1-29-25(28)17-12-10-16(11-13-17)24(20-14-26-22-8-4-2-6-18(20)22)21-15-27-23-9-5-3-7-19(21)23/h2-15,26H,1H3/p+1/b24-21+. The fourth-order valence-corrected chi connectivity index (χ4v) is 3.90. The summed E-state index contributed by atoms with van der Waals surface area (Å²) in [4.78, 5) is 18.6. The Balaban J connectivity index is 1.77. The molecule has 0 radical (unpaired) electrons. The van der Waals surface area contributed by atoms with Gasteiger partial charge in [0, 0.05) is 34.3 Å². The first-order chi connectivity index (χ1) is 14.3. The minimum absolute atomic E-state index is 0.336. The van der Waals surface area contributed by atoms with Crippen LogP contribution in [0.25, 0.3) is 22.0 Å². The van der Waals surface area contributed by atoms with Gasteiger partial charge in [0.15, 0.2) is 6.21 Å². The molecule has 2 heterocycles. The minimum atomic E-state index is -0.336. The highest BCUT2D eigenvalue weighted by molar-refractivity contribution is 6.24. The largest absolute Gasteiger partial charge is 0.465 e. The highest BCUT2D eigenvalue weighted by Gasteiger charge is 2.24. The predicted molar refractivity (Wildman–Crippen MR) is 115 cm³/mol. The maximum Gasteiger partial charge on any atom is 0.337 e. The number of aromatic amines is 1. The Morgan fingerprint density at radius 2 is 1.62 bits per heavy atom. The number of benzene rings is 3. The zero-order chi connectivity index (χ0) is 19.8. The van der Waals surface area contributed by atoms with Crippen molar-refractivity contribution < 1.29 is 14.5 Å². The average molecular weight is 379 g/mol. The summed E-state index contributed by atoms with van der Waals surface area (Å²) in [5.41, 5.74) is 8.26. The molecule has 4 heteroatoms. The summed E-state index contributed by atoms with van der Waals surface area (Å²) < 4.78 is 4.84. The van der Waals surface area contributed by atoms with Crippen molar-refractivity contribution in [3.63, 3.8) is 0 Å². The van der Waals surface area contributed by atoms with Crippen LogP contribution in [0.15, 0.2) is 79.0 Å². The number of allylic oxidation sites excluding steroid dienone is 1. The summed E-state index contributed by atoms with van der Waals surface area (Å²) in [6.07, 6.45) is 4.10. The van der Waals surface area contributed by atoms with Gasteiger partial charge in [-0.05, 0) is 29.8 Å². The van der Waals surface area contributed by atoms with Gasteiger partial charge in [-0.1, -0.05) is 42.5 Å². The third-order valence-electron chi connectivity index (χ3n) is 5.31. The highest BCUT2D eigenvalue weighted by Crippen LogP contribution is 2.37. The van der Waals surface area contributed by atoms with Crippen molar-refractivity contribution in [1.82, 2.24) is 4.98 Å². The lowest BCUT2D eigenvalue weighted by molar-refractivity contribution is -0.342. The van der Waals surface area contributed by atoms with Crippen LogP contribution in [0.2, 0.25) is 0 Å². The van der Waals surface area contributed by atoms with E-state index in [0.29, 0.717) is 5.56 Å². The predicted octanol–water partition coefficient (Wildman–Crippen LogP) is 3.71. The number of ether oxygens (including phenoxy) is 1. The second-order valence-electron chi connectivity index (χ2n) is 6.94. The SMILES string of the molecule is COC(=O)c1ccc(/C(=C2/C=[NH+]c3ccccc32)c2c[nH]c3ccccc23)cc1. The number of rotatable bonds is 3. The molecule has 4 aromatic rings. The third-order valence-corrected chi connectivity index (χ3v) is 5.31. The summed E-state index contributed by atoms with van der Waals surface area (Å²) in [6, 6.07) is 24.1. The van der Waals surface area contributed by atoms with Crippen molar-refractivity contribution in [2.75, 3.05) is 7.11 Å². The van der Waals surface area contributed by atoms with Crippen molar-refractivity contribution in [1.29, 1.82) is 0 Å². The Kier molecular flexibility index (Phi) is 4.10. The number of para-hydroxylation sites is 2. The fourth-order valence-electron chi connectivity index (χ4n) is 3.90. The number of hydrogen-bond donors (Lipinski definition) is 2. The fraction of sp³-hybridized carbons (Fsp3) is 0.0400. The summed E-state index contributed by atoms with van der Waals surface area (Å²) in [6.45, 7) is 0. The monoisotopic (exact) mass is 379 g/mol. The van der Waals surface area contributed by atoms with Crippen molar-refractivity contribution >= 4 is 39.9 Å². The molecular formula is C25H19N2O2+. The molecule has 0 unspecified atom stereocenters. The van der Waals surface area contributed by atoms with Gasteiger partial charge in [0.2, 0.25) is 5.69 Å². The number of methoxy groups -OCH3 is 1. The summed E-state index contributed by atoms with van der Waals surface area (Å²) in [5.74, 6) is -0.336. The smallest absolute Gasteiger partial charge is 0.337 e. The molecule has 4 nitrogen and oxygen atoms in total. The number of nitrogens with one attached hydrogen (secondary N) is 2. The Hall–Kier alpha value is -3.92. The summed E-state index contributed by atoms with van der Waals surface area (Å²) in [7, 11) is 1.39. The lowest BCUT2D eigenvalue weighted by Gasteiger charge is -2.11. The molecule has 0 spiro atoms. The van der Waals surface area contributed by atoms with E-state index in [1.165, 1.54) is 7.11 Å². The number of carbonyl (C=O) groups is 1. The number of fused-ring (bicyclic) bond motifs is 2. The molecular weight excluding hydrogens is 360 g/mol. The number of carbonyl (C=O) groups excluding carboxylic acids is 1. The molecule has 140 valence electrons. The van der Waals surface area contributed by atoms with Gasteiger partial charge < -0.3 is 9.72 Å². The molecule has 0 fully saturated rings.